The van der Waals surface area contributed by atoms with E-state index in [2.05, 4.69) is 20.6 Å². The van der Waals surface area contributed by atoms with E-state index in [9.17, 15) is 18.0 Å². The Morgan fingerprint density at radius 2 is 1.60 bits per heavy atom. The van der Waals surface area contributed by atoms with E-state index in [4.69, 9.17) is 9.47 Å². The van der Waals surface area contributed by atoms with E-state index in [-0.39, 0.29) is 16.1 Å². The zero-order valence-electron chi connectivity index (χ0n) is 18.2. The zero-order valence-corrected chi connectivity index (χ0v) is 19.0. The Balaban J connectivity index is 1.27. The van der Waals surface area contributed by atoms with Crippen molar-refractivity contribution in [3.05, 3.63) is 84.1 Å². The molecule has 4 aromatic rings. The highest BCUT2D eigenvalue weighted by Crippen LogP contribution is 2.32. The number of fused-ring (bicyclic) bond motifs is 2. The molecule has 1 aliphatic heterocycles. The number of hydrogen-bond donors (Lipinski definition) is 4. The average molecular weight is 493 g/mol. The number of aromatic nitrogens is 1. The van der Waals surface area contributed by atoms with Gasteiger partial charge in [0.05, 0.1) is 10.5 Å². The number of carbonyl (C=O) groups is 2. The smallest absolute Gasteiger partial charge is 0.271 e. The molecule has 0 bridgehead atoms. The number of carbonyl (C=O) groups excluding carboxylic acids is 2. The third kappa shape index (κ3) is 4.62. The van der Waals surface area contributed by atoms with E-state index < -0.39 is 21.8 Å². The van der Waals surface area contributed by atoms with Crippen molar-refractivity contribution < 1.29 is 27.5 Å². The Labute approximate surface area is 200 Å². The number of anilines is 1. The van der Waals surface area contributed by atoms with Crippen LogP contribution in [-0.4, -0.2) is 38.4 Å². The molecule has 2 amide bonds. The van der Waals surface area contributed by atoms with Crippen LogP contribution in [0.3, 0.4) is 0 Å². The van der Waals surface area contributed by atoms with Crippen LogP contribution in [0.1, 0.15) is 20.7 Å². The minimum atomic E-state index is -3.96. The van der Waals surface area contributed by atoms with E-state index in [1.165, 1.54) is 42.5 Å². The number of benzene rings is 3. The molecule has 4 N–H and O–H groups in total. The number of aromatic amines is 1. The molecule has 0 aliphatic carbocycles. The molecule has 0 saturated carbocycles. The van der Waals surface area contributed by atoms with Gasteiger partial charge in [-0.15, -0.1) is 0 Å². The number of rotatable bonds is 5. The molecule has 2 heterocycles. The lowest BCUT2D eigenvalue weighted by molar-refractivity contribution is 0.0847. The number of para-hydroxylation sites is 1. The molecular weight excluding hydrogens is 472 g/mol. The first kappa shape index (κ1) is 22.3. The van der Waals surface area contributed by atoms with Gasteiger partial charge in [0.25, 0.3) is 21.8 Å². The highest BCUT2D eigenvalue weighted by molar-refractivity contribution is 7.92. The van der Waals surface area contributed by atoms with Crippen molar-refractivity contribution in [2.75, 3.05) is 17.9 Å². The Bertz CT molecular complexity index is 1550. The zero-order chi connectivity index (χ0) is 24.4. The number of nitrogens with one attached hydrogen (secondary N) is 4. The third-order valence-corrected chi connectivity index (χ3v) is 6.70. The Morgan fingerprint density at radius 3 is 2.46 bits per heavy atom. The minimum Gasteiger partial charge on any atom is -0.486 e. The number of hydrazine groups is 1. The van der Waals surface area contributed by atoms with Crippen LogP contribution in [0.15, 0.2) is 77.8 Å². The monoisotopic (exact) mass is 492 g/mol. The summed E-state index contributed by atoms with van der Waals surface area (Å²) >= 11 is 0. The maximum atomic E-state index is 12.9. The fourth-order valence-electron chi connectivity index (χ4n) is 3.64. The van der Waals surface area contributed by atoms with Gasteiger partial charge in [-0.2, -0.15) is 0 Å². The molecule has 1 aliphatic rings. The molecule has 0 fully saturated rings. The minimum absolute atomic E-state index is 0.0115. The normalized spacial score (nSPS) is 12.7. The summed E-state index contributed by atoms with van der Waals surface area (Å²) in [5.74, 6) is -0.286. The van der Waals surface area contributed by atoms with Crippen molar-refractivity contribution in [3.63, 3.8) is 0 Å². The molecule has 35 heavy (non-hydrogen) atoms. The number of ether oxygens (including phenoxy) is 2. The van der Waals surface area contributed by atoms with Gasteiger partial charge in [-0.25, -0.2) is 8.42 Å². The van der Waals surface area contributed by atoms with Crippen LogP contribution in [0.2, 0.25) is 0 Å². The topological polar surface area (TPSA) is 139 Å². The predicted octanol–water partition coefficient (Wildman–Crippen LogP) is 2.81. The molecule has 5 rings (SSSR count). The second-order valence-corrected chi connectivity index (χ2v) is 9.33. The number of amides is 2. The molecule has 178 valence electrons. The van der Waals surface area contributed by atoms with Crippen molar-refractivity contribution in [2.24, 2.45) is 0 Å². The molecule has 0 radical (unpaired) electrons. The SMILES string of the molecule is O=C(NNC(=O)c1c[nH]c2ccccc12)c1cccc(NS(=O)(=O)c2ccc3c(c2)OCCO3)c1. The summed E-state index contributed by atoms with van der Waals surface area (Å²) in [6.07, 6.45) is 1.55. The van der Waals surface area contributed by atoms with Crippen molar-refractivity contribution in [1.29, 1.82) is 0 Å². The van der Waals surface area contributed by atoms with Gasteiger partial charge in [0.1, 0.15) is 13.2 Å². The molecule has 0 atom stereocenters. The van der Waals surface area contributed by atoms with Crippen LogP contribution in [0, 0.1) is 0 Å². The van der Waals surface area contributed by atoms with Crippen LogP contribution in [0.4, 0.5) is 5.69 Å². The average Bonchev–Trinajstić information content (AvgIpc) is 3.31. The van der Waals surface area contributed by atoms with Gasteiger partial charge < -0.3 is 14.5 Å². The lowest BCUT2D eigenvalue weighted by Crippen LogP contribution is -2.41. The summed E-state index contributed by atoms with van der Waals surface area (Å²) < 4.78 is 39.0. The first-order chi connectivity index (χ1) is 16.9. The molecule has 0 unspecified atom stereocenters. The molecule has 10 nitrogen and oxygen atoms in total. The van der Waals surface area contributed by atoms with Crippen LogP contribution in [-0.2, 0) is 10.0 Å². The summed E-state index contributed by atoms with van der Waals surface area (Å²) in [4.78, 5) is 28.1. The van der Waals surface area contributed by atoms with Crippen LogP contribution in [0.25, 0.3) is 10.9 Å². The van der Waals surface area contributed by atoms with Gasteiger partial charge in [0.2, 0.25) is 0 Å². The fraction of sp³-hybridized carbons (Fsp3) is 0.0833. The maximum absolute atomic E-state index is 12.9. The number of hydrogen-bond acceptors (Lipinski definition) is 6. The molecular formula is C24H20N4O6S. The van der Waals surface area contributed by atoms with E-state index in [1.807, 2.05) is 18.2 Å². The lowest BCUT2D eigenvalue weighted by atomic mass is 10.2. The summed E-state index contributed by atoms with van der Waals surface area (Å²) in [6.45, 7) is 0.729. The van der Waals surface area contributed by atoms with Crippen molar-refractivity contribution in [1.82, 2.24) is 15.8 Å². The van der Waals surface area contributed by atoms with Gasteiger partial charge in [-0.1, -0.05) is 24.3 Å². The molecule has 1 aromatic heterocycles. The summed E-state index contributed by atoms with van der Waals surface area (Å²) in [5.41, 5.74) is 6.21. The molecule has 3 aromatic carbocycles. The molecule has 11 heteroatoms. The van der Waals surface area contributed by atoms with E-state index in [1.54, 1.807) is 12.3 Å². The van der Waals surface area contributed by atoms with E-state index >= 15 is 0 Å². The van der Waals surface area contributed by atoms with E-state index in [0.717, 1.165) is 10.9 Å². The largest absolute Gasteiger partial charge is 0.486 e. The lowest BCUT2D eigenvalue weighted by Gasteiger charge is -2.19. The number of sulfonamides is 1. The first-order valence-corrected chi connectivity index (χ1v) is 12.1. The van der Waals surface area contributed by atoms with Gasteiger partial charge >= 0.3 is 0 Å². The van der Waals surface area contributed by atoms with Gasteiger partial charge in [0.15, 0.2) is 11.5 Å². The van der Waals surface area contributed by atoms with Crippen molar-refractivity contribution in [2.45, 2.75) is 4.90 Å². The quantitative estimate of drug-likeness (QED) is 0.316. The highest BCUT2D eigenvalue weighted by Gasteiger charge is 2.20. The summed E-state index contributed by atoms with van der Waals surface area (Å²) in [6, 6.07) is 17.5. The van der Waals surface area contributed by atoms with Crippen LogP contribution < -0.4 is 25.0 Å². The predicted molar refractivity (Wildman–Crippen MR) is 128 cm³/mol. The Hall–Kier alpha value is -4.51. The Kier molecular flexibility index (Phi) is 5.75. The second-order valence-electron chi connectivity index (χ2n) is 7.65. The summed E-state index contributed by atoms with van der Waals surface area (Å²) in [5, 5.41) is 0.717. The second kappa shape index (κ2) is 9.03. The Morgan fingerprint density at radius 1 is 0.829 bits per heavy atom. The molecule has 0 saturated heterocycles. The van der Waals surface area contributed by atoms with Gasteiger partial charge in [0, 0.05) is 34.4 Å². The van der Waals surface area contributed by atoms with Crippen molar-refractivity contribution >= 4 is 38.4 Å². The standard InChI is InChI=1S/C24H20N4O6S/c29-23(26-27-24(30)19-14-25-20-7-2-1-6-18(19)20)15-4-3-5-16(12-15)28-35(31,32)17-8-9-21-22(13-17)34-11-10-33-21/h1-9,12-14,25,28H,10-11H2,(H,26,29)(H,27,30). The third-order valence-electron chi connectivity index (χ3n) is 5.32. The van der Waals surface area contributed by atoms with Crippen LogP contribution >= 0.6 is 0 Å². The fourth-order valence-corrected chi connectivity index (χ4v) is 4.71. The van der Waals surface area contributed by atoms with Gasteiger partial charge in [-0.05, 0) is 36.4 Å². The first-order valence-electron chi connectivity index (χ1n) is 10.6. The highest BCUT2D eigenvalue weighted by atomic mass is 32.2. The summed E-state index contributed by atoms with van der Waals surface area (Å²) in [7, 11) is -3.96. The molecule has 0 spiro atoms. The van der Waals surface area contributed by atoms with Crippen LogP contribution in [0.5, 0.6) is 11.5 Å². The van der Waals surface area contributed by atoms with Gasteiger partial charge in [-0.3, -0.25) is 25.2 Å². The van der Waals surface area contributed by atoms with E-state index in [0.29, 0.717) is 30.3 Å². The van der Waals surface area contributed by atoms with Crippen molar-refractivity contribution in [3.8, 4) is 11.5 Å². The number of H-pyrrole nitrogens is 1. The maximum Gasteiger partial charge on any atom is 0.271 e.